The lowest BCUT2D eigenvalue weighted by Crippen LogP contribution is -2.24. The highest BCUT2D eigenvalue weighted by Crippen LogP contribution is 2.26. The van der Waals surface area contributed by atoms with Crippen LogP contribution in [0.1, 0.15) is 16.1 Å². The lowest BCUT2D eigenvalue weighted by Gasteiger charge is -2.13. The van der Waals surface area contributed by atoms with Gasteiger partial charge >= 0.3 is 6.36 Å². The number of hydrogen-bond acceptors (Lipinski definition) is 7. The number of anilines is 2. The van der Waals surface area contributed by atoms with E-state index >= 15 is 0 Å². The fraction of sp³-hybridized carbons (Fsp3) is 0.125. The molecule has 0 aliphatic heterocycles. The quantitative estimate of drug-likeness (QED) is 0.664. The minimum atomic E-state index is -4.81. The zero-order valence-electron chi connectivity index (χ0n) is 13.5. The number of aromatic nitrogens is 3. The predicted octanol–water partition coefficient (Wildman–Crippen LogP) is 3.51. The zero-order chi connectivity index (χ0) is 19.3. The fourth-order valence-corrected chi connectivity index (χ4v) is 2.72. The first-order chi connectivity index (χ1) is 12.9. The summed E-state index contributed by atoms with van der Waals surface area (Å²) in [4.78, 5) is 24.3. The number of nitrogens with zero attached hydrogens (tertiary/aromatic N) is 3. The molecule has 0 saturated carbocycles. The Kier molecular flexibility index (Phi) is 5.50. The maximum atomic E-state index is 12.4. The number of carbonyl (C=O) groups excluding carboxylic acids is 1. The SMILES string of the molecule is O=C(NCc1ccccc1OC(F)(F)F)c1csc(Nc2ncccn2)n1. The van der Waals surface area contributed by atoms with E-state index in [0.717, 1.165) is 0 Å². The van der Waals surface area contributed by atoms with Crippen LogP contribution in [0.3, 0.4) is 0 Å². The number of para-hydroxylation sites is 1. The third-order valence-corrected chi connectivity index (χ3v) is 3.92. The number of carbonyl (C=O) groups is 1. The number of amides is 1. The maximum absolute atomic E-state index is 12.4. The molecule has 2 heterocycles. The van der Waals surface area contributed by atoms with E-state index < -0.39 is 12.3 Å². The van der Waals surface area contributed by atoms with E-state index in [0.29, 0.717) is 11.1 Å². The topological polar surface area (TPSA) is 89.0 Å². The highest BCUT2D eigenvalue weighted by atomic mass is 32.1. The minimum Gasteiger partial charge on any atom is -0.405 e. The molecule has 0 fully saturated rings. The Morgan fingerprint density at radius 3 is 2.63 bits per heavy atom. The van der Waals surface area contributed by atoms with Crippen LogP contribution >= 0.6 is 11.3 Å². The zero-order valence-corrected chi connectivity index (χ0v) is 14.3. The smallest absolute Gasteiger partial charge is 0.405 e. The van der Waals surface area contributed by atoms with Crippen LogP contribution in [0.25, 0.3) is 0 Å². The van der Waals surface area contributed by atoms with E-state index in [2.05, 4.69) is 30.3 Å². The molecule has 27 heavy (non-hydrogen) atoms. The van der Waals surface area contributed by atoms with Gasteiger partial charge in [0.1, 0.15) is 11.4 Å². The van der Waals surface area contributed by atoms with E-state index in [4.69, 9.17) is 0 Å². The summed E-state index contributed by atoms with van der Waals surface area (Å²) in [7, 11) is 0. The van der Waals surface area contributed by atoms with Gasteiger partial charge in [-0.05, 0) is 12.1 Å². The number of alkyl halides is 3. The van der Waals surface area contributed by atoms with Crippen molar-refractivity contribution in [3.63, 3.8) is 0 Å². The third-order valence-electron chi connectivity index (χ3n) is 3.16. The summed E-state index contributed by atoms with van der Waals surface area (Å²) in [6.07, 6.45) is -1.71. The summed E-state index contributed by atoms with van der Waals surface area (Å²) in [6.45, 7) is -0.146. The molecule has 0 bridgehead atoms. The first-order valence-electron chi connectivity index (χ1n) is 7.52. The van der Waals surface area contributed by atoms with Crippen LogP contribution in [0.2, 0.25) is 0 Å². The van der Waals surface area contributed by atoms with E-state index in [1.165, 1.54) is 34.9 Å². The Morgan fingerprint density at radius 1 is 1.15 bits per heavy atom. The molecule has 0 spiro atoms. The van der Waals surface area contributed by atoms with E-state index in [-0.39, 0.29) is 23.6 Å². The summed E-state index contributed by atoms with van der Waals surface area (Å²) in [6, 6.07) is 7.24. The van der Waals surface area contributed by atoms with Gasteiger partial charge in [-0.1, -0.05) is 18.2 Å². The van der Waals surface area contributed by atoms with E-state index in [1.54, 1.807) is 24.5 Å². The predicted molar refractivity (Wildman–Crippen MR) is 91.7 cm³/mol. The van der Waals surface area contributed by atoms with Crippen molar-refractivity contribution in [2.75, 3.05) is 5.32 Å². The Morgan fingerprint density at radius 2 is 1.89 bits per heavy atom. The van der Waals surface area contributed by atoms with Crippen molar-refractivity contribution in [2.24, 2.45) is 0 Å². The van der Waals surface area contributed by atoms with Crippen molar-refractivity contribution in [1.82, 2.24) is 20.3 Å². The average molecular weight is 395 g/mol. The molecule has 1 aromatic carbocycles. The molecule has 7 nitrogen and oxygen atoms in total. The molecule has 0 unspecified atom stereocenters. The van der Waals surface area contributed by atoms with Crippen molar-refractivity contribution in [2.45, 2.75) is 12.9 Å². The monoisotopic (exact) mass is 395 g/mol. The molecule has 0 aliphatic rings. The Bertz CT molecular complexity index is 918. The highest BCUT2D eigenvalue weighted by molar-refractivity contribution is 7.14. The lowest BCUT2D eigenvalue weighted by molar-refractivity contribution is -0.274. The van der Waals surface area contributed by atoms with Crippen LogP contribution in [0.15, 0.2) is 48.1 Å². The maximum Gasteiger partial charge on any atom is 0.573 e. The second-order valence-corrected chi connectivity index (χ2v) is 5.93. The standard InChI is InChI=1S/C16H12F3N5O2S/c17-16(18,19)26-12-5-2-1-4-10(12)8-22-13(25)11-9-27-15(23-11)24-14-20-6-3-7-21-14/h1-7,9H,8H2,(H,22,25)(H,20,21,23,24). The second-order valence-electron chi connectivity index (χ2n) is 5.07. The first-order valence-corrected chi connectivity index (χ1v) is 8.40. The molecule has 2 aromatic heterocycles. The molecule has 1 amide bonds. The fourth-order valence-electron chi connectivity index (χ4n) is 2.03. The highest BCUT2D eigenvalue weighted by Gasteiger charge is 2.32. The summed E-state index contributed by atoms with van der Waals surface area (Å²) in [5, 5.41) is 7.29. The minimum absolute atomic E-state index is 0.118. The molecule has 0 atom stereocenters. The number of ether oxygens (including phenoxy) is 1. The number of benzene rings is 1. The number of thiazole rings is 1. The molecule has 0 saturated heterocycles. The van der Waals surface area contributed by atoms with Crippen LogP contribution in [-0.2, 0) is 6.54 Å². The van der Waals surface area contributed by atoms with Gasteiger partial charge in [0.2, 0.25) is 5.95 Å². The van der Waals surface area contributed by atoms with Crippen molar-refractivity contribution in [1.29, 1.82) is 0 Å². The molecule has 3 aromatic rings. The molecular weight excluding hydrogens is 383 g/mol. The number of hydrogen-bond donors (Lipinski definition) is 2. The van der Waals surface area contributed by atoms with Gasteiger partial charge in [0.15, 0.2) is 5.13 Å². The number of halogens is 3. The van der Waals surface area contributed by atoms with Crippen molar-refractivity contribution in [3.05, 3.63) is 59.4 Å². The lowest BCUT2D eigenvalue weighted by atomic mass is 10.2. The summed E-state index contributed by atoms with van der Waals surface area (Å²) in [5.74, 6) is -0.570. The van der Waals surface area contributed by atoms with Gasteiger partial charge in [0, 0.05) is 29.9 Å². The first kappa shape index (κ1) is 18.6. The molecule has 3 rings (SSSR count). The molecule has 2 N–H and O–H groups in total. The largest absolute Gasteiger partial charge is 0.573 e. The van der Waals surface area contributed by atoms with Gasteiger partial charge in [-0.2, -0.15) is 0 Å². The van der Waals surface area contributed by atoms with E-state index in [9.17, 15) is 18.0 Å². The summed E-state index contributed by atoms with van der Waals surface area (Å²) in [5.41, 5.74) is 0.307. The van der Waals surface area contributed by atoms with Gasteiger partial charge in [-0.15, -0.1) is 24.5 Å². The molecule has 0 radical (unpaired) electrons. The molecular formula is C16H12F3N5O2S. The van der Waals surface area contributed by atoms with Gasteiger partial charge in [-0.25, -0.2) is 15.0 Å². The molecule has 11 heteroatoms. The van der Waals surface area contributed by atoms with Gasteiger partial charge in [0.05, 0.1) is 0 Å². The molecule has 0 aliphatic carbocycles. The Balaban J connectivity index is 1.62. The normalized spacial score (nSPS) is 11.1. The van der Waals surface area contributed by atoms with Crippen molar-refractivity contribution < 1.29 is 22.7 Å². The molecule has 140 valence electrons. The van der Waals surface area contributed by atoms with Crippen LogP contribution in [-0.4, -0.2) is 27.2 Å². The number of rotatable bonds is 6. The Hall–Kier alpha value is -3.21. The van der Waals surface area contributed by atoms with Gasteiger partial charge in [0.25, 0.3) is 5.91 Å². The number of nitrogens with one attached hydrogen (secondary N) is 2. The summed E-state index contributed by atoms with van der Waals surface area (Å²) < 4.78 is 41.2. The third kappa shape index (κ3) is 5.38. The van der Waals surface area contributed by atoms with Crippen molar-refractivity contribution >= 4 is 28.3 Å². The van der Waals surface area contributed by atoms with Gasteiger partial charge in [-0.3, -0.25) is 4.79 Å². The van der Waals surface area contributed by atoms with E-state index in [1.807, 2.05) is 0 Å². The van der Waals surface area contributed by atoms with Gasteiger partial charge < -0.3 is 15.4 Å². The second kappa shape index (κ2) is 7.99. The van der Waals surface area contributed by atoms with Crippen LogP contribution in [0.4, 0.5) is 24.3 Å². The van der Waals surface area contributed by atoms with Crippen LogP contribution in [0.5, 0.6) is 5.75 Å². The summed E-state index contributed by atoms with van der Waals surface area (Å²) >= 11 is 1.17. The Labute approximate surface area is 155 Å². The van der Waals surface area contributed by atoms with Crippen molar-refractivity contribution in [3.8, 4) is 5.75 Å². The van der Waals surface area contributed by atoms with Crippen LogP contribution in [0, 0.1) is 0 Å². The average Bonchev–Trinajstić information content (AvgIpc) is 3.09. The van der Waals surface area contributed by atoms with Crippen LogP contribution < -0.4 is 15.4 Å².